The molecule has 2 rings (SSSR count). The van der Waals surface area contributed by atoms with Crippen LogP contribution in [0.25, 0.3) is 0 Å². The minimum absolute atomic E-state index is 0.0819. The van der Waals surface area contributed by atoms with Crippen molar-refractivity contribution in [2.75, 3.05) is 5.32 Å². The van der Waals surface area contributed by atoms with Gasteiger partial charge >= 0.3 is 12.0 Å². The molecule has 0 aromatic carbocycles. The van der Waals surface area contributed by atoms with Crippen molar-refractivity contribution in [1.29, 1.82) is 0 Å². The summed E-state index contributed by atoms with van der Waals surface area (Å²) in [7, 11) is 0. The van der Waals surface area contributed by atoms with Crippen molar-refractivity contribution in [3.8, 4) is 0 Å². The van der Waals surface area contributed by atoms with Crippen LogP contribution in [-0.2, 0) is 6.54 Å². The van der Waals surface area contributed by atoms with Gasteiger partial charge in [0.2, 0.25) is 0 Å². The first-order valence-electron chi connectivity index (χ1n) is 5.37. The zero-order valence-electron chi connectivity index (χ0n) is 9.75. The maximum Gasteiger partial charge on any atom is 0.354 e. The number of carboxylic acids is 1. The second-order valence-electron chi connectivity index (χ2n) is 3.58. The van der Waals surface area contributed by atoms with E-state index in [1.165, 1.54) is 18.3 Å². The number of H-pyrrole nitrogens is 1. The Morgan fingerprint density at radius 2 is 2.16 bits per heavy atom. The second kappa shape index (κ2) is 5.63. The number of hydrogen-bond acceptors (Lipinski definition) is 4. The van der Waals surface area contributed by atoms with Gasteiger partial charge in [-0.25, -0.2) is 19.6 Å². The minimum atomic E-state index is -1.12. The fourth-order valence-corrected chi connectivity index (χ4v) is 1.33. The topological polar surface area (TPSA) is 120 Å². The highest BCUT2D eigenvalue weighted by molar-refractivity contribution is 5.90. The molecule has 98 valence electrons. The summed E-state index contributed by atoms with van der Waals surface area (Å²) in [6.45, 7) is 0.263. The first-order valence-corrected chi connectivity index (χ1v) is 5.37. The largest absolute Gasteiger partial charge is 0.477 e. The summed E-state index contributed by atoms with van der Waals surface area (Å²) in [4.78, 5) is 32.6. The van der Waals surface area contributed by atoms with E-state index in [9.17, 15) is 9.59 Å². The van der Waals surface area contributed by atoms with Gasteiger partial charge in [0.1, 0.15) is 11.5 Å². The number of urea groups is 1. The van der Waals surface area contributed by atoms with Crippen LogP contribution in [0.4, 0.5) is 10.5 Å². The third kappa shape index (κ3) is 3.53. The Kier molecular flexibility index (Phi) is 3.72. The molecule has 8 heteroatoms. The Balaban J connectivity index is 1.86. The molecule has 0 unspecified atom stereocenters. The van der Waals surface area contributed by atoms with Crippen molar-refractivity contribution in [3.63, 3.8) is 0 Å². The minimum Gasteiger partial charge on any atom is -0.477 e. The maximum atomic E-state index is 11.5. The number of rotatable bonds is 4. The lowest BCUT2D eigenvalue weighted by Crippen LogP contribution is -2.28. The van der Waals surface area contributed by atoms with Crippen molar-refractivity contribution < 1.29 is 14.7 Å². The normalized spacial score (nSPS) is 9.89. The number of imidazole rings is 1. The molecule has 19 heavy (non-hydrogen) atoms. The van der Waals surface area contributed by atoms with Crippen LogP contribution in [0.1, 0.15) is 16.3 Å². The average Bonchev–Trinajstić information content (AvgIpc) is 2.90. The van der Waals surface area contributed by atoms with Crippen LogP contribution in [0.2, 0.25) is 0 Å². The van der Waals surface area contributed by atoms with Crippen LogP contribution in [0.5, 0.6) is 0 Å². The molecule has 2 aromatic rings. The van der Waals surface area contributed by atoms with Crippen LogP contribution in [0, 0.1) is 0 Å². The van der Waals surface area contributed by atoms with Crippen LogP contribution < -0.4 is 10.6 Å². The van der Waals surface area contributed by atoms with E-state index in [0.29, 0.717) is 11.5 Å². The number of aromatic nitrogens is 3. The highest BCUT2D eigenvalue weighted by Crippen LogP contribution is 2.05. The first kappa shape index (κ1) is 12.6. The number of nitrogens with zero attached hydrogens (tertiary/aromatic N) is 2. The lowest BCUT2D eigenvalue weighted by Gasteiger charge is -2.06. The van der Waals surface area contributed by atoms with E-state index in [1.807, 2.05) is 0 Å². The van der Waals surface area contributed by atoms with Gasteiger partial charge in [0.25, 0.3) is 0 Å². The zero-order valence-corrected chi connectivity index (χ0v) is 9.75. The van der Waals surface area contributed by atoms with Crippen LogP contribution in [0.15, 0.2) is 30.7 Å². The maximum absolute atomic E-state index is 11.5. The number of aromatic carboxylic acids is 1. The van der Waals surface area contributed by atoms with E-state index in [1.54, 1.807) is 12.4 Å². The van der Waals surface area contributed by atoms with Crippen molar-refractivity contribution in [1.82, 2.24) is 20.3 Å². The molecule has 8 nitrogen and oxygen atoms in total. The molecule has 0 radical (unpaired) electrons. The fourth-order valence-electron chi connectivity index (χ4n) is 1.33. The Bertz CT molecular complexity index is 565. The molecule has 0 aliphatic heterocycles. The average molecular weight is 261 g/mol. The molecule has 2 aromatic heterocycles. The third-order valence-corrected chi connectivity index (χ3v) is 2.21. The number of amides is 2. The van der Waals surface area contributed by atoms with Gasteiger partial charge in [-0.1, -0.05) is 0 Å². The lowest BCUT2D eigenvalue weighted by atomic mass is 10.3. The van der Waals surface area contributed by atoms with Crippen molar-refractivity contribution in [3.05, 3.63) is 42.2 Å². The molecule has 0 atom stereocenters. The number of carbonyl (C=O) groups excluding carboxylic acids is 1. The summed E-state index contributed by atoms with van der Waals surface area (Å²) in [6.07, 6.45) is 4.52. The van der Waals surface area contributed by atoms with E-state index < -0.39 is 12.0 Å². The van der Waals surface area contributed by atoms with Crippen molar-refractivity contribution >= 4 is 17.7 Å². The number of nitrogens with one attached hydrogen (secondary N) is 3. The van der Waals surface area contributed by atoms with E-state index >= 15 is 0 Å². The monoisotopic (exact) mass is 261 g/mol. The van der Waals surface area contributed by atoms with E-state index in [4.69, 9.17) is 5.11 Å². The number of carboxylic acid groups (broad SMARTS) is 1. The number of carbonyl (C=O) groups is 2. The molecule has 2 heterocycles. The van der Waals surface area contributed by atoms with Gasteiger partial charge in [-0.2, -0.15) is 0 Å². The van der Waals surface area contributed by atoms with Crippen molar-refractivity contribution in [2.45, 2.75) is 6.54 Å². The van der Waals surface area contributed by atoms with Gasteiger partial charge in [-0.3, -0.25) is 0 Å². The van der Waals surface area contributed by atoms with Crippen LogP contribution in [-0.4, -0.2) is 32.1 Å². The molecule has 0 bridgehead atoms. The standard InChI is InChI=1S/C11H11N5O3/c17-10(18)8-2-1-7(5-14-8)16-11(19)15-6-9-12-3-4-13-9/h1-5H,6H2,(H,12,13)(H,17,18)(H2,15,16,19). The number of hydrogen-bond donors (Lipinski definition) is 4. The SMILES string of the molecule is O=C(NCc1ncc[nH]1)Nc1ccc(C(=O)O)nc1. The highest BCUT2D eigenvalue weighted by atomic mass is 16.4. The van der Waals surface area contributed by atoms with E-state index in [2.05, 4.69) is 25.6 Å². The summed E-state index contributed by atoms with van der Waals surface area (Å²) in [6, 6.07) is 2.34. The predicted molar refractivity (Wildman–Crippen MR) is 65.6 cm³/mol. The van der Waals surface area contributed by atoms with Gasteiger partial charge in [0, 0.05) is 12.4 Å². The lowest BCUT2D eigenvalue weighted by molar-refractivity contribution is 0.0690. The molecule has 2 amide bonds. The quantitative estimate of drug-likeness (QED) is 0.649. The number of pyridine rings is 1. The van der Waals surface area contributed by atoms with Gasteiger partial charge in [-0.05, 0) is 12.1 Å². The van der Waals surface area contributed by atoms with E-state index in [0.717, 1.165) is 0 Å². The fraction of sp³-hybridized carbons (Fsp3) is 0.0909. The van der Waals surface area contributed by atoms with Gasteiger partial charge in [-0.15, -0.1) is 0 Å². The zero-order chi connectivity index (χ0) is 13.7. The van der Waals surface area contributed by atoms with Gasteiger partial charge in [0.15, 0.2) is 0 Å². The Morgan fingerprint density at radius 1 is 1.32 bits per heavy atom. The summed E-state index contributed by atoms with van der Waals surface area (Å²) < 4.78 is 0. The van der Waals surface area contributed by atoms with Crippen LogP contribution in [0.3, 0.4) is 0 Å². The van der Waals surface area contributed by atoms with Crippen molar-refractivity contribution in [2.24, 2.45) is 0 Å². The second-order valence-corrected chi connectivity index (χ2v) is 3.58. The number of aromatic amines is 1. The smallest absolute Gasteiger partial charge is 0.354 e. The Hall–Kier alpha value is -2.90. The molecule has 0 aliphatic rings. The molecule has 0 saturated carbocycles. The molecule has 0 fully saturated rings. The highest BCUT2D eigenvalue weighted by Gasteiger charge is 2.06. The van der Waals surface area contributed by atoms with E-state index in [-0.39, 0.29) is 12.2 Å². The van der Waals surface area contributed by atoms with Gasteiger partial charge < -0.3 is 20.7 Å². The predicted octanol–water partition coefficient (Wildman–Crippen LogP) is 0.825. The third-order valence-electron chi connectivity index (χ3n) is 2.21. The number of anilines is 1. The molecule has 0 saturated heterocycles. The Labute approximate surface area is 107 Å². The molecular formula is C11H11N5O3. The first-order chi connectivity index (χ1) is 9.15. The Morgan fingerprint density at radius 3 is 2.74 bits per heavy atom. The summed E-state index contributed by atoms with van der Waals surface area (Å²) in [5.41, 5.74) is 0.323. The summed E-state index contributed by atoms with van der Waals surface area (Å²) in [5, 5.41) is 13.8. The summed E-state index contributed by atoms with van der Waals surface area (Å²) >= 11 is 0. The summed E-state index contributed by atoms with van der Waals surface area (Å²) in [5.74, 6) is -0.483. The van der Waals surface area contributed by atoms with Gasteiger partial charge in [0.05, 0.1) is 18.4 Å². The molecule has 4 N–H and O–H groups in total. The molecular weight excluding hydrogens is 250 g/mol. The molecule has 0 spiro atoms. The molecule has 0 aliphatic carbocycles. The van der Waals surface area contributed by atoms with Crippen LogP contribution >= 0.6 is 0 Å².